The minimum atomic E-state index is -5.01. The third-order valence-electron chi connectivity index (χ3n) is 4.73. The largest absolute Gasteiger partial charge is 0.472 e. The van der Waals surface area contributed by atoms with Crippen LogP contribution in [0.5, 0.6) is 5.88 Å². The summed E-state index contributed by atoms with van der Waals surface area (Å²) in [6.07, 6.45) is -10.0. The molecule has 1 fully saturated rings. The molecule has 1 aliphatic heterocycles. The summed E-state index contributed by atoms with van der Waals surface area (Å²) in [6, 6.07) is 0.117. The van der Waals surface area contributed by atoms with Crippen LogP contribution in [0.25, 0.3) is 0 Å². The average Bonchev–Trinajstić information content (AvgIpc) is 3.19. The van der Waals surface area contributed by atoms with E-state index in [0.29, 0.717) is 36.9 Å². The van der Waals surface area contributed by atoms with Gasteiger partial charge in [-0.15, -0.1) is 4.37 Å². The lowest BCUT2D eigenvalue weighted by Gasteiger charge is -2.35. The number of piperazine rings is 1. The van der Waals surface area contributed by atoms with Crippen molar-refractivity contribution in [3.8, 4) is 5.88 Å². The van der Waals surface area contributed by atoms with Crippen molar-refractivity contribution in [3.05, 3.63) is 29.3 Å². The number of anilines is 2. The van der Waals surface area contributed by atoms with Gasteiger partial charge in [0.15, 0.2) is 0 Å². The Labute approximate surface area is 195 Å². The number of halogens is 6. The van der Waals surface area contributed by atoms with Crippen molar-refractivity contribution in [1.29, 1.82) is 0 Å². The molecule has 0 bridgehead atoms. The maximum atomic E-state index is 13.0. The first-order valence-corrected chi connectivity index (χ1v) is 10.7. The van der Waals surface area contributed by atoms with Crippen molar-refractivity contribution in [2.75, 3.05) is 43.0 Å². The maximum Gasteiger partial charge on any atom is 0.416 e. The lowest BCUT2D eigenvalue weighted by atomic mass is 10.1. The standard InChI is InChI=1S/C19H22F6N6O2S/c1-17(2,26)10-33-15-14(28-34-29-15)30-3-5-31(6-4-30)16(32)27-13-8-11(18(20,21)22)7-12(9-13)19(23,24)25/h7-9H,3-6,10,26H2,1-2H3,(H,27,32). The zero-order chi connectivity index (χ0) is 25.3. The van der Waals surface area contributed by atoms with Gasteiger partial charge < -0.3 is 25.6 Å². The van der Waals surface area contributed by atoms with Crippen LogP contribution in [0.15, 0.2) is 18.2 Å². The van der Waals surface area contributed by atoms with E-state index in [-0.39, 0.29) is 25.8 Å². The number of amides is 2. The Kier molecular flexibility index (Phi) is 7.17. The van der Waals surface area contributed by atoms with Gasteiger partial charge in [0.1, 0.15) is 6.61 Å². The van der Waals surface area contributed by atoms with Crippen LogP contribution in [0, 0.1) is 0 Å². The highest BCUT2D eigenvalue weighted by Gasteiger charge is 2.37. The molecule has 2 heterocycles. The summed E-state index contributed by atoms with van der Waals surface area (Å²) in [6.45, 7) is 4.67. The van der Waals surface area contributed by atoms with Gasteiger partial charge in [0.25, 0.3) is 5.88 Å². The normalized spacial score (nSPS) is 15.4. The number of nitrogens with one attached hydrogen (secondary N) is 1. The molecular weight excluding hydrogens is 490 g/mol. The average molecular weight is 512 g/mol. The predicted molar refractivity (Wildman–Crippen MR) is 113 cm³/mol. The second-order valence-electron chi connectivity index (χ2n) is 8.37. The molecule has 1 aliphatic rings. The monoisotopic (exact) mass is 512 g/mol. The number of carbonyl (C=O) groups is 1. The fourth-order valence-electron chi connectivity index (χ4n) is 3.07. The Morgan fingerprint density at radius 2 is 1.59 bits per heavy atom. The highest BCUT2D eigenvalue weighted by atomic mass is 32.1. The molecule has 0 saturated carbocycles. The summed E-state index contributed by atoms with van der Waals surface area (Å²) in [5.74, 6) is 0.770. The molecular formula is C19H22F6N6O2S. The molecule has 2 amide bonds. The number of nitrogens with two attached hydrogens (primary N) is 1. The Hall–Kier alpha value is -2.81. The SMILES string of the molecule is CC(C)(N)COc1nsnc1N1CCN(C(=O)Nc2cc(C(F)(F)F)cc(C(F)(F)F)c2)CC1. The number of rotatable bonds is 5. The summed E-state index contributed by atoms with van der Waals surface area (Å²) in [5, 5.41) is 2.14. The summed E-state index contributed by atoms with van der Waals surface area (Å²) >= 11 is 0.942. The Morgan fingerprint density at radius 1 is 1.03 bits per heavy atom. The number of carbonyl (C=O) groups excluding carboxylic acids is 1. The fraction of sp³-hybridized carbons (Fsp3) is 0.526. The molecule has 1 saturated heterocycles. The van der Waals surface area contributed by atoms with Crippen molar-refractivity contribution in [3.63, 3.8) is 0 Å². The number of benzene rings is 1. The highest BCUT2D eigenvalue weighted by molar-refractivity contribution is 6.99. The van der Waals surface area contributed by atoms with Crippen LogP contribution in [0.4, 0.5) is 42.6 Å². The molecule has 0 unspecified atom stereocenters. The molecule has 1 aromatic carbocycles. The van der Waals surface area contributed by atoms with Crippen LogP contribution in [-0.2, 0) is 12.4 Å². The lowest BCUT2D eigenvalue weighted by Crippen LogP contribution is -2.50. The summed E-state index contributed by atoms with van der Waals surface area (Å²) in [7, 11) is 0. The van der Waals surface area contributed by atoms with E-state index < -0.39 is 40.7 Å². The minimum Gasteiger partial charge on any atom is -0.472 e. The Balaban J connectivity index is 1.65. The van der Waals surface area contributed by atoms with Crippen molar-refractivity contribution in [1.82, 2.24) is 13.6 Å². The molecule has 2 aromatic rings. The van der Waals surface area contributed by atoms with E-state index >= 15 is 0 Å². The number of hydrogen-bond acceptors (Lipinski definition) is 7. The molecule has 3 N–H and O–H groups in total. The van der Waals surface area contributed by atoms with Crippen molar-refractivity contribution in [2.24, 2.45) is 5.73 Å². The molecule has 8 nitrogen and oxygen atoms in total. The first-order valence-electron chi connectivity index (χ1n) is 9.98. The van der Waals surface area contributed by atoms with Crippen LogP contribution in [-0.4, -0.2) is 58.0 Å². The zero-order valence-electron chi connectivity index (χ0n) is 18.1. The van der Waals surface area contributed by atoms with Gasteiger partial charge in [-0.3, -0.25) is 0 Å². The molecule has 3 rings (SSSR count). The summed E-state index contributed by atoms with van der Waals surface area (Å²) in [4.78, 5) is 15.6. The third kappa shape index (κ3) is 6.62. The predicted octanol–water partition coefficient (Wildman–Crippen LogP) is 4.05. The zero-order valence-corrected chi connectivity index (χ0v) is 18.9. The highest BCUT2D eigenvalue weighted by Crippen LogP contribution is 2.37. The first kappa shape index (κ1) is 25.8. The third-order valence-corrected chi connectivity index (χ3v) is 5.23. The number of alkyl halides is 6. The molecule has 188 valence electrons. The van der Waals surface area contributed by atoms with E-state index in [4.69, 9.17) is 10.5 Å². The number of nitrogens with zero attached hydrogens (tertiary/aromatic N) is 4. The van der Waals surface area contributed by atoms with Crippen LogP contribution < -0.4 is 20.7 Å². The first-order chi connectivity index (χ1) is 15.6. The van der Waals surface area contributed by atoms with Crippen LogP contribution >= 0.6 is 11.7 Å². The number of hydrogen-bond donors (Lipinski definition) is 2. The second kappa shape index (κ2) is 9.44. The quantitative estimate of drug-likeness (QED) is 0.587. The van der Waals surface area contributed by atoms with Crippen LogP contribution in [0.1, 0.15) is 25.0 Å². The Morgan fingerprint density at radius 3 is 2.09 bits per heavy atom. The number of ether oxygens (including phenoxy) is 1. The van der Waals surface area contributed by atoms with E-state index in [9.17, 15) is 31.1 Å². The number of urea groups is 1. The van der Waals surface area contributed by atoms with E-state index in [2.05, 4.69) is 14.1 Å². The van der Waals surface area contributed by atoms with E-state index in [0.717, 1.165) is 11.7 Å². The van der Waals surface area contributed by atoms with E-state index in [1.807, 2.05) is 4.90 Å². The van der Waals surface area contributed by atoms with Crippen LogP contribution in [0.3, 0.4) is 0 Å². The van der Waals surface area contributed by atoms with Gasteiger partial charge in [0.05, 0.1) is 22.9 Å². The van der Waals surface area contributed by atoms with Gasteiger partial charge in [-0.1, -0.05) is 0 Å². The van der Waals surface area contributed by atoms with E-state index in [1.54, 1.807) is 13.8 Å². The van der Waals surface area contributed by atoms with Gasteiger partial charge in [-0.2, -0.15) is 30.7 Å². The van der Waals surface area contributed by atoms with Gasteiger partial charge in [-0.05, 0) is 32.0 Å². The molecule has 0 spiro atoms. The van der Waals surface area contributed by atoms with E-state index in [1.165, 1.54) is 4.90 Å². The van der Waals surface area contributed by atoms with Gasteiger partial charge in [0, 0.05) is 37.4 Å². The van der Waals surface area contributed by atoms with Gasteiger partial charge >= 0.3 is 18.4 Å². The van der Waals surface area contributed by atoms with Gasteiger partial charge in [0.2, 0.25) is 5.82 Å². The smallest absolute Gasteiger partial charge is 0.416 e. The van der Waals surface area contributed by atoms with Crippen molar-refractivity contribution in [2.45, 2.75) is 31.7 Å². The second-order valence-corrected chi connectivity index (χ2v) is 8.90. The summed E-state index contributed by atoms with van der Waals surface area (Å²) in [5.41, 5.74) is 1.70. The fourth-order valence-corrected chi connectivity index (χ4v) is 3.59. The molecule has 15 heteroatoms. The number of aromatic nitrogens is 2. The molecule has 34 heavy (non-hydrogen) atoms. The lowest BCUT2D eigenvalue weighted by molar-refractivity contribution is -0.143. The minimum absolute atomic E-state index is 0.00175. The Bertz CT molecular complexity index is 980. The topological polar surface area (TPSA) is 96.6 Å². The summed E-state index contributed by atoms with van der Waals surface area (Å²) < 4.78 is 92.1. The molecule has 0 radical (unpaired) electrons. The van der Waals surface area contributed by atoms with Crippen molar-refractivity contribution >= 4 is 29.3 Å². The van der Waals surface area contributed by atoms with Gasteiger partial charge in [-0.25, -0.2) is 4.79 Å². The maximum absolute atomic E-state index is 13.0. The molecule has 0 aliphatic carbocycles. The molecule has 1 aromatic heterocycles. The van der Waals surface area contributed by atoms with Crippen LogP contribution in [0.2, 0.25) is 0 Å². The van der Waals surface area contributed by atoms with Crippen molar-refractivity contribution < 1.29 is 35.9 Å². The molecule has 0 atom stereocenters.